The van der Waals surface area contributed by atoms with E-state index in [1.807, 2.05) is 24.3 Å². The highest BCUT2D eigenvalue weighted by atomic mass is 35.5. The predicted octanol–water partition coefficient (Wildman–Crippen LogP) is 7.81. The van der Waals surface area contributed by atoms with Crippen molar-refractivity contribution in [3.05, 3.63) is 106 Å². The summed E-state index contributed by atoms with van der Waals surface area (Å²) in [5, 5.41) is 1.58. The zero-order valence-corrected chi connectivity index (χ0v) is 17.7. The van der Waals surface area contributed by atoms with Crippen LogP contribution in [0.2, 0.25) is 10.0 Å². The van der Waals surface area contributed by atoms with E-state index in [1.165, 1.54) is 16.7 Å². The molecule has 3 aromatic carbocycles. The Morgan fingerprint density at radius 1 is 0.552 bits per heavy atom. The first kappa shape index (κ1) is 23.7. The molecule has 0 fully saturated rings. The number of benzene rings is 3. The molecule has 0 saturated heterocycles. The van der Waals surface area contributed by atoms with Gasteiger partial charge in [0.1, 0.15) is 17.3 Å². The fourth-order valence-electron chi connectivity index (χ4n) is 2.60. The first-order valence-corrected chi connectivity index (χ1v) is 11.2. The molecule has 3 rings (SSSR count). The number of hydrogen-bond acceptors (Lipinski definition) is 0. The summed E-state index contributed by atoms with van der Waals surface area (Å²) >= 11 is 12.0. The van der Waals surface area contributed by atoms with Crippen LogP contribution in [0.3, 0.4) is 0 Å². The molecule has 8 heteroatoms. The molecule has 0 nitrogen and oxygen atoms in total. The maximum Gasteiger partial charge on any atom is 0.673 e. The van der Waals surface area contributed by atoms with Crippen molar-refractivity contribution in [2.75, 3.05) is 0 Å². The third-order valence-corrected chi connectivity index (χ3v) is 6.51. The van der Waals surface area contributed by atoms with Crippen molar-refractivity contribution < 1.29 is 17.3 Å². The van der Waals surface area contributed by atoms with Gasteiger partial charge in [-0.05, 0) is 24.3 Å². The van der Waals surface area contributed by atoms with Crippen LogP contribution in [0.5, 0.6) is 0 Å². The van der Waals surface area contributed by atoms with Gasteiger partial charge in [0.05, 0.1) is 0 Å². The molecule has 0 bridgehead atoms. The molecule has 0 radical (unpaired) electrons. The Morgan fingerprint density at radius 3 is 1.21 bits per heavy atom. The second kappa shape index (κ2) is 11.5. The fourth-order valence-corrected chi connectivity index (χ4v) is 5.15. The molecule has 0 aliphatic rings. The summed E-state index contributed by atoms with van der Waals surface area (Å²) < 4.78 is 39.0. The van der Waals surface area contributed by atoms with Crippen molar-refractivity contribution in [2.45, 2.75) is 17.3 Å². The molecule has 0 saturated carbocycles. The average Bonchev–Trinajstić information content (AvgIpc) is 2.65. The van der Waals surface area contributed by atoms with E-state index in [4.69, 9.17) is 23.2 Å². The number of rotatable bonds is 6. The van der Waals surface area contributed by atoms with E-state index in [1.54, 1.807) is 0 Å². The van der Waals surface area contributed by atoms with E-state index in [0.717, 1.165) is 27.3 Å². The van der Waals surface area contributed by atoms with Gasteiger partial charge in [-0.1, -0.05) is 77.8 Å². The molecule has 0 unspecified atom stereocenters. The highest BCUT2D eigenvalue weighted by molar-refractivity contribution is 7.94. The second-order valence-corrected chi connectivity index (χ2v) is 9.24. The van der Waals surface area contributed by atoms with Crippen molar-refractivity contribution in [3.63, 3.8) is 0 Å². The van der Waals surface area contributed by atoms with Crippen LogP contribution >= 0.6 is 23.2 Å². The zero-order valence-electron chi connectivity index (χ0n) is 15.4. The predicted molar refractivity (Wildman–Crippen MR) is 118 cm³/mol. The largest absolute Gasteiger partial charge is 0.673 e. The first-order chi connectivity index (χ1) is 13.7. The third kappa shape index (κ3) is 10.6. The van der Waals surface area contributed by atoms with Crippen molar-refractivity contribution in [1.82, 2.24) is 0 Å². The maximum atomic E-state index is 9.75. The molecule has 0 heterocycles. The summed E-state index contributed by atoms with van der Waals surface area (Å²) in [5.41, 5.74) is 4.07. The smallest absolute Gasteiger partial charge is 0.418 e. The molecular formula is C21H19BCl2F4S. The average molecular weight is 461 g/mol. The van der Waals surface area contributed by atoms with Crippen LogP contribution in [0, 0.1) is 0 Å². The molecule has 0 N–H and O–H groups in total. The lowest BCUT2D eigenvalue weighted by Crippen LogP contribution is -2.12. The molecule has 29 heavy (non-hydrogen) atoms. The fraction of sp³-hybridized carbons (Fsp3) is 0.143. The zero-order chi connectivity index (χ0) is 21.3. The lowest BCUT2D eigenvalue weighted by molar-refractivity contribution is 0.368. The highest BCUT2D eigenvalue weighted by Crippen LogP contribution is 2.22. The Labute approximate surface area is 181 Å². The second-order valence-electron chi connectivity index (χ2n) is 6.28. The van der Waals surface area contributed by atoms with Crippen molar-refractivity contribution >= 4 is 41.4 Å². The van der Waals surface area contributed by atoms with Gasteiger partial charge in [0.25, 0.3) is 0 Å². The summed E-state index contributed by atoms with van der Waals surface area (Å²) in [6, 6.07) is 27.2. The van der Waals surface area contributed by atoms with E-state index in [-0.39, 0.29) is 10.9 Å². The van der Waals surface area contributed by atoms with E-state index < -0.39 is 7.25 Å². The van der Waals surface area contributed by atoms with Crippen LogP contribution in [-0.2, 0) is 28.2 Å². The lowest BCUT2D eigenvalue weighted by atomic mass is 10.2. The minimum absolute atomic E-state index is 0.223. The van der Waals surface area contributed by atoms with Gasteiger partial charge in [-0.25, -0.2) is 0 Å². The van der Waals surface area contributed by atoms with Crippen LogP contribution in [0.1, 0.15) is 16.7 Å². The monoisotopic (exact) mass is 460 g/mol. The lowest BCUT2D eigenvalue weighted by Gasteiger charge is -2.10. The van der Waals surface area contributed by atoms with Crippen LogP contribution in [-0.4, -0.2) is 7.25 Å². The molecule has 0 aliphatic heterocycles. The van der Waals surface area contributed by atoms with E-state index in [9.17, 15) is 17.3 Å². The maximum absolute atomic E-state index is 9.75. The highest BCUT2D eigenvalue weighted by Gasteiger charge is 2.21. The SMILES string of the molecule is Clc1ccc(C[S+](Cc2ccccc2)Cc2ccc(Cl)cc2)cc1.F[B-](F)(F)F. The van der Waals surface area contributed by atoms with Gasteiger partial charge in [-0.15, -0.1) is 0 Å². The molecule has 0 amide bonds. The molecule has 0 spiro atoms. The summed E-state index contributed by atoms with van der Waals surface area (Å²) in [6.07, 6.45) is 0. The molecular weight excluding hydrogens is 442 g/mol. The van der Waals surface area contributed by atoms with Gasteiger partial charge in [0.15, 0.2) is 0 Å². The molecule has 0 atom stereocenters. The standard InChI is InChI=1S/C21H19Cl2S.BF4/c22-20-10-6-18(7-11-20)15-24(14-17-4-2-1-3-5-17)16-19-8-12-21(23)13-9-19;2-1(3,4)5/h1-13H,14-16H2;/q+1;-1. The molecule has 154 valence electrons. The molecule has 3 aromatic rings. The van der Waals surface area contributed by atoms with Gasteiger partial charge in [-0.2, -0.15) is 0 Å². The Kier molecular flexibility index (Phi) is 9.41. The van der Waals surface area contributed by atoms with Crippen molar-refractivity contribution in [1.29, 1.82) is 0 Å². The number of halogens is 6. The minimum Gasteiger partial charge on any atom is -0.418 e. The van der Waals surface area contributed by atoms with E-state index >= 15 is 0 Å². The van der Waals surface area contributed by atoms with Gasteiger partial charge >= 0.3 is 7.25 Å². The summed E-state index contributed by atoms with van der Waals surface area (Å²) in [4.78, 5) is 0. The topological polar surface area (TPSA) is 0 Å². The quantitative estimate of drug-likeness (QED) is 0.200. The van der Waals surface area contributed by atoms with Crippen LogP contribution in [0.4, 0.5) is 17.3 Å². The van der Waals surface area contributed by atoms with Crippen LogP contribution in [0.15, 0.2) is 78.9 Å². The minimum atomic E-state index is -6.00. The van der Waals surface area contributed by atoms with E-state index in [0.29, 0.717) is 0 Å². The summed E-state index contributed by atoms with van der Waals surface area (Å²) in [5.74, 6) is 3.22. The molecule has 0 aliphatic carbocycles. The Bertz CT molecular complexity index is 803. The van der Waals surface area contributed by atoms with Gasteiger partial charge in [-0.3, -0.25) is 0 Å². The summed E-state index contributed by atoms with van der Waals surface area (Å²) in [7, 11) is -5.78. The normalized spacial score (nSPS) is 11.1. The Balaban J connectivity index is 0.000000537. The van der Waals surface area contributed by atoms with Gasteiger partial charge < -0.3 is 17.3 Å². The number of hydrogen-bond donors (Lipinski definition) is 0. The third-order valence-electron chi connectivity index (χ3n) is 3.78. The first-order valence-electron chi connectivity index (χ1n) is 8.73. The van der Waals surface area contributed by atoms with Gasteiger partial charge in [0.2, 0.25) is 0 Å². The van der Waals surface area contributed by atoms with Crippen molar-refractivity contribution in [3.8, 4) is 0 Å². The van der Waals surface area contributed by atoms with Crippen LogP contribution in [0.25, 0.3) is 0 Å². The Hall–Kier alpha value is -1.63. The van der Waals surface area contributed by atoms with E-state index in [2.05, 4.69) is 54.6 Å². The van der Waals surface area contributed by atoms with Gasteiger partial charge in [0, 0.05) is 37.6 Å². The van der Waals surface area contributed by atoms with Crippen molar-refractivity contribution in [2.24, 2.45) is 0 Å². The Morgan fingerprint density at radius 2 is 0.862 bits per heavy atom. The summed E-state index contributed by atoms with van der Waals surface area (Å²) in [6.45, 7) is 0. The van der Waals surface area contributed by atoms with Crippen LogP contribution < -0.4 is 0 Å². The molecule has 0 aromatic heterocycles.